The van der Waals surface area contributed by atoms with Crippen LogP contribution in [0.5, 0.6) is 0 Å². The van der Waals surface area contributed by atoms with Gasteiger partial charge < -0.3 is 14.2 Å². The van der Waals surface area contributed by atoms with Crippen molar-refractivity contribution in [3.63, 3.8) is 0 Å². The van der Waals surface area contributed by atoms with Gasteiger partial charge in [-0.05, 0) is 14.1 Å². The molecule has 74 valence electrons. The highest BCUT2D eigenvalue weighted by Gasteiger charge is 2.16. The number of ether oxygens (including phenoxy) is 3. The molecule has 4 nitrogen and oxygen atoms in total. The summed E-state index contributed by atoms with van der Waals surface area (Å²) in [7, 11) is 8.83. The van der Waals surface area contributed by atoms with Gasteiger partial charge in [-0.15, -0.1) is 0 Å². The van der Waals surface area contributed by atoms with Crippen LogP contribution in [0.2, 0.25) is 0 Å². The van der Waals surface area contributed by atoms with E-state index in [9.17, 15) is 0 Å². The van der Waals surface area contributed by atoms with Crippen molar-refractivity contribution in [1.82, 2.24) is 4.90 Å². The first-order valence-electron chi connectivity index (χ1n) is 3.90. The lowest BCUT2D eigenvalue weighted by molar-refractivity contribution is -0.144. The average Bonchev–Trinajstić information content (AvgIpc) is 2.06. The first-order valence-corrected chi connectivity index (χ1v) is 3.90. The number of nitrogens with zero attached hydrogens (tertiary/aromatic N) is 1. The van der Waals surface area contributed by atoms with Crippen molar-refractivity contribution in [1.29, 1.82) is 0 Å². The molecule has 4 heteroatoms. The number of rotatable bonds is 6. The van der Waals surface area contributed by atoms with Crippen molar-refractivity contribution < 1.29 is 14.2 Å². The van der Waals surface area contributed by atoms with Crippen LogP contribution in [-0.4, -0.2) is 52.8 Å². The third-order valence-corrected chi connectivity index (χ3v) is 1.77. The van der Waals surface area contributed by atoms with Gasteiger partial charge in [-0.2, -0.15) is 0 Å². The summed E-state index contributed by atoms with van der Waals surface area (Å²) >= 11 is 0. The minimum absolute atomic E-state index is 0.0369. The molecule has 0 heterocycles. The van der Waals surface area contributed by atoms with Crippen molar-refractivity contribution >= 4 is 0 Å². The third-order valence-electron chi connectivity index (χ3n) is 1.77. The van der Waals surface area contributed by atoms with E-state index in [2.05, 4.69) is 0 Å². The summed E-state index contributed by atoms with van der Waals surface area (Å²) in [6, 6.07) is 0. The Morgan fingerprint density at radius 1 is 1.00 bits per heavy atom. The van der Waals surface area contributed by atoms with Gasteiger partial charge >= 0.3 is 0 Å². The maximum Gasteiger partial charge on any atom is 0.160 e. The van der Waals surface area contributed by atoms with Gasteiger partial charge in [0.05, 0.1) is 0 Å². The van der Waals surface area contributed by atoms with E-state index in [-0.39, 0.29) is 12.5 Å². The first-order chi connectivity index (χ1) is 5.65. The second kappa shape index (κ2) is 6.37. The molecule has 0 radical (unpaired) electrons. The molecule has 0 aliphatic rings. The summed E-state index contributed by atoms with van der Waals surface area (Å²) in [5.74, 6) is 0. The van der Waals surface area contributed by atoms with E-state index in [4.69, 9.17) is 14.2 Å². The van der Waals surface area contributed by atoms with E-state index in [0.29, 0.717) is 6.42 Å². The van der Waals surface area contributed by atoms with E-state index < -0.39 is 0 Å². The Kier molecular flexibility index (Phi) is 6.28. The summed E-state index contributed by atoms with van der Waals surface area (Å²) in [6.07, 6.45) is 0.545. The van der Waals surface area contributed by atoms with Crippen molar-refractivity contribution in [2.24, 2.45) is 0 Å². The minimum atomic E-state index is -0.197. The second-order valence-electron chi connectivity index (χ2n) is 2.79. The highest BCUT2D eigenvalue weighted by molar-refractivity contribution is 4.56. The highest BCUT2D eigenvalue weighted by Crippen LogP contribution is 2.07. The van der Waals surface area contributed by atoms with Crippen LogP contribution in [0.25, 0.3) is 0 Å². The summed E-state index contributed by atoms with van der Waals surface area (Å²) < 4.78 is 15.3. The second-order valence-corrected chi connectivity index (χ2v) is 2.79. The molecular formula is C8H19NO3. The average molecular weight is 177 g/mol. The smallest absolute Gasteiger partial charge is 0.160 e. The van der Waals surface area contributed by atoms with E-state index in [1.165, 1.54) is 0 Å². The van der Waals surface area contributed by atoms with Crippen LogP contribution in [0.3, 0.4) is 0 Å². The predicted molar refractivity (Wildman–Crippen MR) is 46.9 cm³/mol. The lowest BCUT2D eigenvalue weighted by Crippen LogP contribution is -2.34. The topological polar surface area (TPSA) is 30.9 Å². The Morgan fingerprint density at radius 3 is 1.75 bits per heavy atom. The van der Waals surface area contributed by atoms with Gasteiger partial charge in [0.15, 0.2) is 6.29 Å². The predicted octanol–water partition coefficient (Wildman–Crippen LogP) is 0.529. The van der Waals surface area contributed by atoms with Crippen molar-refractivity contribution in [2.45, 2.75) is 18.9 Å². The van der Waals surface area contributed by atoms with Crippen LogP contribution < -0.4 is 0 Å². The molecule has 0 aromatic heterocycles. The van der Waals surface area contributed by atoms with Crippen LogP contribution in [0, 0.1) is 0 Å². The SMILES string of the molecule is COC(C[C@H](OC)N(C)C)OC. The first kappa shape index (κ1) is 11.8. The van der Waals surface area contributed by atoms with Crippen LogP contribution in [0.15, 0.2) is 0 Å². The lowest BCUT2D eigenvalue weighted by Gasteiger charge is -2.25. The lowest BCUT2D eigenvalue weighted by atomic mass is 10.3. The Balaban J connectivity index is 3.82. The third kappa shape index (κ3) is 4.01. The number of hydrogen-bond acceptors (Lipinski definition) is 4. The molecule has 0 saturated heterocycles. The molecule has 0 saturated carbocycles. The fourth-order valence-electron chi connectivity index (χ4n) is 0.971. The summed E-state index contributed by atoms with van der Waals surface area (Å²) in [5, 5.41) is 0. The Hall–Kier alpha value is -0.160. The molecule has 0 aromatic rings. The van der Waals surface area contributed by atoms with E-state index in [1.807, 2.05) is 19.0 Å². The van der Waals surface area contributed by atoms with E-state index in [1.54, 1.807) is 21.3 Å². The molecular weight excluding hydrogens is 158 g/mol. The molecule has 0 fully saturated rings. The maximum absolute atomic E-state index is 5.21. The molecule has 12 heavy (non-hydrogen) atoms. The molecule has 0 rings (SSSR count). The molecule has 0 aromatic carbocycles. The molecule has 1 atom stereocenters. The molecule has 0 spiro atoms. The van der Waals surface area contributed by atoms with Gasteiger partial charge in [0.1, 0.15) is 6.23 Å². The molecule has 0 N–H and O–H groups in total. The normalized spacial score (nSPS) is 14.2. The zero-order chi connectivity index (χ0) is 9.56. The largest absolute Gasteiger partial charge is 0.366 e. The zero-order valence-electron chi connectivity index (χ0n) is 8.53. The zero-order valence-corrected chi connectivity index (χ0v) is 8.53. The summed E-state index contributed by atoms with van der Waals surface area (Å²) in [4.78, 5) is 1.98. The van der Waals surface area contributed by atoms with Crippen molar-refractivity contribution in [2.75, 3.05) is 35.4 Å². The Bertz CT molecular complexity index is 104. The Morgan fingerprint density at radius 2 is 1.50 bits per heavy atom. The fourth-order valence-corrected chi connectivity index (χ4v) is 0.971. The van der Waals surface area contributed by atoms with Gasteiger partial charge in [0.25, 0.3) is 0 Å². The molecule has 0 aliphatic carbocycles. The minimum Gasteiger partial charge on any atom is -0.366 e. The van der Waals surface area contributed by atoms with E-state index in [0.717, 1.165) is 0 Å². The van der Waals surface area contributed by atoms with E-state index >= 15 is 0 Å². The Labute approximate surface area is 74.4 Å². The van der Waals surface area contributed by atoms with Crippen LogP contribution in [0.1, 0.15) is 6.42 Å². The van der Waals surface area contributed by atoms with Gasteiger partial charge in [-0.1, -0.05) is 0 Å². The molecule has 0 unspecified atom stereocenters. The van der Waals surface area contributed by atoms with Crippen LogP contribution in [-0.2, 0) is 14.2 Å². The van der Waals surface area contributed by atoms with Gasteiger partial charge in [0.2, 0.25) is 0 Å². The number of hydrogen-bond donors (Lipinski definition) is 0. The number of methoxy groups -OCH3 is 3. The maximum atomic E-state index is 5.21. The fraction of sp³-hybridized carbons (Fsp3) is 1.00. The van der Waals surface area contributed by atoms with Crippen LogP contribution >= 0.6 is 0 Å². The molecule has 0 aliphatic heterocycles. The quantitative estimate of drug-likeness (QED) is 0.554. The highest BCUT2D eigenvalue weighted by atomic mass is 16.7. The van der Waals surface area contributed by atoms with Gasteiger partial charge in [-0.3, -0.25) is 4.90 Å². The van der Waals surface area contributed by atoms with Gasteiger partial charge in [-0.25, -0.2) is 0 Å². The van der Waals surface area contributed by atoms with Crippen LogP contribution in [0.4, 0.5) is 0 Å². The van der Waals surface area contributed by atoms with Crippen molar-refractivity contribution in [3.8, 4) is 0 Å². The molecule has 0 bridgehead atoms. The summed E-state index contributed by atoms with van der Waals surface area (Å²) in [6.45, 7) is 0. The standard InChI is InChI=1S/C8H19NO3/c1-9(2)7(10-3)6-8(11-4)12-5/h7-8H,6H2,1-5H3/t7-/m0/s1. The van der Waals surface area contributed by atoms with Crippen molar-refractivity contribution in [3.05, 3.63) is 0 Å². The van der Waals surface area contributed by atoms with Gasteiger partial charge in [0, 0.05) is 27.8 Å². The molecule has 0 amide bonds. The monoisotopic (exact) mass is 177 g/mol. The summed E-state index contributed by atoms with van der Waals surface area (Å²) in [5.41, 5.74) is 0.